The Bertz CT molecular complexity index is 1090. The Kier molecular flexibility index (Phi) is 6.96. The summed E-state index contributed by atoms with van der Waals surface area (Å²) in [6.07, 6.45) is 3.79. The van der Waals surface area contributed by atoms with Crippen molar-refractivity contribution in [3.05, 3.63) is 53.2 Å². The molecule has 1 amide bonds. The monoisotopic (exact) mass is 426 g/mol. The van der Waals surface area contributed by atoms with Crippen molar-refractivity contribution in [1.29, 1.82) is 5.41 Å². The summed E-state index contributed by atoms with van der Waals surface area (Å²) in [5.74, 6) is -0.295. The molecule has 0 aliphatic heterocycles. The van der Waals surface area contributed by atoms with Crippen LogP contribution < -0.4 is 10.6 Å². The molecule has 2 aromatic heterocycles. The summed E-state index contributed by atoms with van der Waals surface area (Å²) < 4.78 is 18.8. The average Bonchev–Trinajstić information content (AvgIpc) is 3.16. The summed E-state index contributed by atoms with van der Waals surface area (Å²) in [5, 5.41) is 14.4. The summed E-state index contributed by atoms with van der Waals surface area (Å²) >= 11 is 0. The first kappa shape index (κ1) is 22.4. The molecule has 8 nitrogen and oxygen atoms in total. The van der Waals surface area contributed by atoms with Gasteiger partial charge in [-0.2, -0.15) is 0 Å². The van der Waals surface area contributed by atoms with Crippen LogP contribution >= 0.6 is 0 Å². The zero-order chi connectivity index (χ0) is 22.5. The van der Waals surface area contributed by atoms with Gasteiger partial charge in [-0.25, -0.2) is 14.4 Å². The SMILES string of the molecule is CNc1cc(F)ccc1C(=N)c1cnc2[nH]cc(C(=O)N[C@H](COC)CC(C)C)c2n1. The van der Waals surface area contributed by atoms with E-state index in [1.54, 1.807) is 20.4 Å². The number of ether oxygens (including phenoxy) is 1. The van der Waals surface area contributed by atoms with Crippen LogP contribution in [0.25, 0.3) is 11.2 Å². The topological polar surface area (TPSA) is 116 Å². The van der Waals surface area contributed by atoms with Gasteiger partial charge in [-0.1, -0.05) is 13.8 Å². The first-order valence-electron chi connectivity index (χ1n) is 10.0. The van der Waals surface area contributed by atoms with Gasteiger partial charge in [0.25, 0.3) is 5.91 Å². The molecule has 4 N–H and O–H groups in total. The molecular weight excluding hydrogens is 399 g/mol. The van der Waals surface area contributed by atoms with E-state index in [1.165, 1.54) is 24.4 Å². The summed E-state index contributed by atoms with van der Waals surface area (Å²) in [7, 11) is 3.26. The van der Waals surface area contributed by atoms with Gasteiger partial charge < -0.3 is 20.4 Å². The summed E-state index contributed by atoms with van der Waals surface area (Å²) in [5.41, 5.74) is 2.46. The van der Waals surface area contributed by atoms with E-state index in [-0.39, 0.29) is 23.4 Å². The van der Waals surface area contributed by atoms with E-state index in [4.69, 9.17) is 10.1 Å². The number of benzene rings is 1. The number of hydrogen-bond acceptors (Lipinski definition) is 6. The molecule has 31 heavy (non-hydrogen) atoms. The third kappa shape index (κ3) is 5.05. The maximum atomic E-state index is 13.6. The van der Waals surface area contributed by atoms with Crippen molar-refractivity contribution in [1.82, 2.24) is 20.3 Å². The van der Waals surface area contributed by atoms with Gasteiger partial charge in [0, 0.05) is 31.6 Å². The Morgan fingerprint density at radius 3 is 2.77 bits per heavy atom. The van der Waals surface area contributed by atoms with Crippen LogP contribution in [0, 0.1) is 17.1 Å². The molecule has 0 bridgehead atoms. The number of aromatic nitrogens is 3. The van der Waals surface area contributed by atoms with E-state index >= 15 is 0 Å². The third-order valence-corrected chi connectivity index (χ3v) is 4.86. The first-order chi connectivity index (χ1) is 14.8. The zero-order valence-corrected chi connectivity index (χ0v) is 18.0. The number of anilines is 1. The third-order valence-electron chi connectivity index (χ3n) is 4.86. The molecule has 0 fully saturated rings. The van der Waals surface area contributed by atoms with E-state index in [0.29, 0.717) is 40.5 Å². The van der Waals surface area contributed by atoms with Gasteiger partial charge in [-0.05, 0) is 30.5 Å². The van der Waals surface area contributed by atoms with E-state index in [0.717, 1.165) is 6.42 Å². The molecule has 1 aromatic carbocycles. The molecule has 3 aromatic rings. The van der Waals surface area contributed by atoms with Gasteiger partial charge in [0.1, 0.15) is 17.0 Å². The number of halogens is 1. The Hall–Kier alpha value is -3.33. The van der Waals surface area contributed by atoms with Crippen molar-refractivity contribution in [2.45, 2.75) is 26.3 Å². The van der Waals surface area contributed by atoms with Crippen LogP contribution in [0.3, 0.4) is 0 Å². The summed E-state index contributed by atoms with van der Waals surface area (Å²) in [6.45, 7) is 4.57. The summed E-state index contributed by atoms with van der Waals surface area (Å²) in [6, 6.07) is 3.99. The number of rotatable bonds is 9. The zero-order valence-electron chi connectivity index (χ0n) is 18.0. The molecule has 2 heterocycles. The van der Waals surface area contributed by atoms with Crippen molar-refractivity contribution in [2.24, 2.45) is 5.92 Å². The van der Waals surface area contributed by atoms with Crippen molar-refractivity contribution in [3.8, 4) is 0 Å². The fourth-order valence-corrected chi connectivity index (χ4v) is 3.47. The lowest BCUT2D eigenvalue weighted by molar-refractivity contribution is 0.0886. The average molecular weight is 426 g/mol. The van der Waals surface area contributed by atoms with Crippen LogP contribution in [0.4, 0.5) is 10.1 Å². The van der Waals surface area contributed by atoms with Crippen LogP contribution in [-0.2, 0) is 4.74 Å². The number of aromatic amines is 1. The number of nitrogens with one attached hydrogen (secondary N) is 4. The first-order valence-corrected chi connectivity index (χ1v) is 10.0. The van der Waals surface area contributed by atoms with E-state index in [2.05, 4.69) is 39.4 Å². The molecule has 0 spiro atoms. The highest BCUT2D eigenvalue weighted by Crippen LogP contribution is 2.21. The molecule has 1 atom stereocenters. The number of H-pyrrole nitrogens is 1. The maximum absolute atomic E-state index is 13.6. The smallest absolute Gasteiger partial charge is 0.255 e. The fraction of sp³-hybridized carbons (Fsp3) is 0.364. The van der Waals surface area contributed by atoms with E-state index in [1.807, 2.05) is 0 Å². The molecule has 164 valence electrons. The number of carbonyl (C=O) groups is 1. The predicted octanol–water partition coefficient (Wildman–Crippen LogP) is 3.35. The minimum absolute atomic E-state index is 0.0726. The molecular formula is C22H27FN6O2. The van der Waals surface area contributed by atoms with Gasteiger partial charge >= 0.3 is 0 Å². The van der Waals surface area contributed by atoms with Crippen molar-refractivity contribution in [2.75, 3.05) is 26.1 Å². The van der Waals surface area contributed by atoms with Gasteiger partial charge in [0.15, 0.2) is 5.65 Å². The number of hydrogen-bond donors (Lipinski definition) is 4. The lowest BCUT2D eigenvalue weighted by Crippen LogP contribution is -2.39. The molecule has 0 saturated heterocycles. The van der Waals surface area contributed by atoms with Crippen molar-refractivity contribution in [3.63, 3.8) is 0 Å². The highest BCUT2D eigenvalue weighted by atomic mass is 19.1. The molecule has 0 aliphatic rings. The van der Waals surface area contributed by atoms with Crippen LogP contribution in [0.15, 0.2) is 30.6 Å². The maximum Gasteiger partial charge on any atom is 0.255 e. The Morgan fingerprint density at radius 2 is 2.10 bits per heavy atom. The normalized spacial score (nSPS) is 12.2. The molecule has 0 unspecified atom stereocenters. The van der Waals surface area contributed by atoms with Gasteiger partial charge in [0.05, 0.1) is 30.1 Å². The minimum atomic E-state index is -0.404. The van der Waals surface area contributed by atoms with Crippen LogP contribution in [0.5, 0.6) is 0 Å². The van der Waals surface area contributed by atoms with Crippen LogP contribution in [-0.4, -0.2) is 53.4 Å². The number of methoxy groups -OCH3 is 1. The van der Waals surface area contributed by atoms with Gasteiger partial charge in [-0.3, -0.25) is 10.2 Å². The number of carbonyl (C=O) groups excluding carboxylic acids is 1. The number of amides is 1. The molecule has 0 saturated carbocycles. The van der Waals surface area contributed by atoms with Crippen LogP contribution in [0.2, 0.25) is 0 Å². The molecule has 0 radical (unpaired) electrons. The number of nitrogens with zero attached hydrogens (tertiary/aromatic N) is 2. The van der Waals surface area contributed by atoms with E-state index in [9.17, 15) is 9.18 Å². The predicted molar refractivity (Wildman–Crippen MR) is 118 cm³/mol. The second-order valence-electron chi connectivity index (χ2n) is 7.72. The molecule has 9 heteroatoms. The number of fused-ring (bicyclic) bond motifs is 1. The van der Waals surface area contributed by atoms with Gasteiger partial charge in [-0.15, -0.1) is 0 Å². The quantitative estimate of drug-likeness (QED) is 0.392. The van der Waals surface area contributed by atoms with Crippen molar-refractivity contribution >= 4 is 28.5 Å². The summed E-state index contributed by atoms with van der Waals surface area (Å²) in [4.78, 5) is 24.7. The highest BCUT2D eigenvalue weighted by Gasteiger charge is 2.21. The minimum Gasteiger partial charge on any atom is -0.387 e. The Morgan fingerprint density at radius 1 is 1.32 bits per heavy atom. The Labute approximate surface area is 180 Å². The second kappa shape index (κ2) is 9.65. The van der Waals surface area contributed by atoms with Crippen molar-refractivity contribution < 1.29 is 13.9 Å². The highest BCUT2D eigenvalue weighted by molar-refractivity contribution is 6.14. The van der Waals surface area contributed by atoms with Gasteiger partial charge in [0.2, 0.25) is 0 Å². The largest absolute Gasteiger partial charge is 0.387 e. The molecule has 0 aliphatic carbocycles. The fourth-order valence-electron chi connectivity index (χ4n) is 3.47. The Balaban J connectivity index is 1.92. The lowest BCUT2D eigenvalue weighted by Gasteiger charge is -2.19. The lowest BCUT2D eigenvalue weighted by atomic mass is 10.0. The second-order valence-corrected chi connectivity index (χ2v) is 7.72. The van der Waals surface area contributed by atoms with Crippen LogP contribution in [0.1, 0.15) is 41.9 Å². The standard InChI is InChI=1S/C22H27FN6O2/c1-12(2)7-14(11-31-4)28-22(30)16-9-26-21-20(16)29-18(10-27-21)19(24)15-6-5-13(23)8-17(15)25-3/h5-6,8-10,12,14,24-25H,7,11H2,1-4H3,(H,26,27)(H,28,30)/t14-/m0/s1. The van der Waals surface area contributed by atoms with E-state index < -0.39 is 5.82 Å². The molecule has 3 rings (SSSR count).